The van der Waals surface area contributed by atoms with Gasteiger partial charge >= 0.3 is 0 Å². The highest BCUT2D eigenvalue weighted by Crippen LogP contribution is 2.53. The predicted octanol–water partition coefficient (Wildman–Crippen LogP) is 1.10. The van der Waals surface area contributed by atoms with Gasteiger partial charge in [-0.2, -0.15) is 0 Å². The number of hydrogen-bond acceptors (Lipinski definition) is 2. The third-order valence-electron chi connectivity index (χ3n) is 3.99. The van der Waals surface area contributed by atoms with Crippen LogP contribution >= 0.6 is 0 Å². The van der Waals surface area contributed by atoms with E-state index in [1.807, 2.05) is 0 Å². The summed E-state index contributed by atoms with van der Waals surface area (Å²) in [6.07, 6.45) is 2.38. The zero-order chi connectivity index (χ0) is 11.6. The quantitative estimate of drug-likeness (QED) is 0.542. The normalized spacial score (nSPS) is 33.2. The van der Waals surface area contributed by atoms with Gasteiger partial charge in [-0.15, -0.1) is 0 Å². The number of ether oxygens (including phenoxy) is 1. The molecule has 0 aliphatic heterocycles. The van der Waals surface area contributed by atoms with Gasteiger partial charge in [-0.1, -0.05) is 20.8 Å². The lowest BCUT2D eigenvalue weighted by Gasteiger charge is -2.57. The highest BCUT2D eigenvalue weighted by Gasteiger charge is 2.58. The molecule has 0 bridgehead atoms. The molecule has 1 aliphatic carbocycles. The minimum absolute atomic E-state index is 0.123. The first-order valence-corrected chi connectivity index (χ1v) is 5.65. The second kappa shape index (κ2) is 4.39. The number of methoxy groups -OCH3 is 1. The van der Waals surface area contributed by atoms with E-state index in [-0.39, 0.29) is 23.5 Å². The molecular weight excluding hydrogens is 190 g/mol. The van der Waals surface area contributed by atoms with Crippen LogP contribution in [-0.2, 0) is 4.74 Å². The topological polar surface area (TPSA) is 73.6 Å². The van der Waals surface area contributed by atoms with Crippen molar-refractivity contribution in [1.82, 2.24) is 0 Å². The van der Waals surface area contributed by atoms with Crippen LogP contribution in [0.2, 0.25) is 0 Å². The van der Waals surface area contributed by atoms with Gasteiger partial charge in [-0.05, 0) is 12.8 Å². The van der Waals surface area contributed by atoms with Crippen LogP contribution in [0.1, 0.15) is 33.6 Å². The average Bonchev–Trinajstić information content (AvgIpc) is 2.21. The van der Waals surface area contributed by atoms with Crippen molar-refractivity contribution in [3.63, 3.8) is 0 Å². The lowest BCUT2D eigenvalue weighted by atomic mass is 9.53. The molecule has 0 heterocycles. The Bertz CT molecular complexity index is 244. The van der Waals surface area contributed by atoms with E-state index in [9.17, 15) is 0 Å². The standard InChI is InChI=1S/C11H23N3O/c1-5-11(6-2)8(14-10(12)13)7(3)9(11)15-4/h7-9H,5-6H2,1-4H3,(H4,12,13,14). The highest BCUT2D eigenvalue weighted by atomic mass is 16.5. The van der Waals surface area contributed by atoms with Gasteiger partial charge in [0.1, 0.15) is 0 Å². The first-order chi connectivity index (χ1) is 7.03. The van der Waals surface area contributed by atoms with Crippen LogP contribution in [0, 0.1) is 11.3 Å². The number of rotatable bonds is 4. The molecule has 3 atom stereocenters. The van der Waals surface area contributed by atoms with Crippen LogP contribution < -0.4 is 11.5 Å². The van der Waals surface area contributed by atoms with E-state index < -0.39 is 0 Å². The minimum atomic E-state index is 0.123. The van der Waals surface area contributed by atoms with E-state index in [0.29, 0.717) is 5.92 Å². The molecular formula is C11H23N3O. The number of guanidine groups is 1. The van der Waals surface area contributed by atoms with Crippen LogP contribution in [-0.4, -0.2) is 25.2 Å². The first-order valence-electron chi connectivity index (χ1n) is 5.65. The molecule has 4 N–H and O–H groups in total. The second-order valence-electron chi connectivity index (χ2n) is 4.45. The van der Waals surface area contributed by atoms with Gasteiger partial charge in [0.25, 0.3) is 0 Å². The van der Waals surface area contributed by atoms with Gasteiger partial charge in [-0.3, -0.25) is 0 Å². The molecule has 1 aliphatic rings. The smallest absolute Gasteiger partial charge is 0.186 e. The third-order valence-corrected chi connectivity index (χ3v) is 3.99. The summed E-state index contributed by atoms with van der Waals surface area (Å²) in [7, 11) is 1.77. The molecule has 15 heavy (non-hydrogen) atoms. The van der Waals surface area contributed by atoms with Gasteiger partial charge in [0.2, 0.25) is 0 Å². The fourth-order valence-electron chi connectivity index (χ4n) is 3.19. The van der Waals surface area contributed by atoms with Gasteiger partial charge < -0.3 is 16.2 Å². The van der Waals surface area contributed by atoms with E-state index in [1.54, 1.807) is 7.11 Å². The van der Waals surface area contributed by atoms with Gasteiger partial charge in [0, 0.05) is 18.4 Å². The van der Waals surface area contributed by atoms with Crippen LogP contribution in [0.25, 0.3) is 0 Å². The Morgan fingerprint density at radius 1 is 1.33 bits per heavy atom. The summed E-state index contributed by atoms with van der Waals surface area (Å²) < 4.78 is 5.56. The number of aliphatic imine (C=N–C) groups is 1. The molecule has 1 fully saturated rings. The molecule has 0 saturated heterocycles. The molecule has 3 unspecified atom stereocenters. The Labute approximate surface area is 92.1 Å². The number of nitrogens with zero attached hydrogens (tertiary/aromatic N) is 1. The summed E-state index contributed by atoms with van der Waals surface area (Å²) in [6.45, 7) is 6.50. The summed E-state index contributed by atoms with van der Waals surface area (Å²) in [6, 6.07) is 0.211. The Morgan fingerprint density at radius 2 is 1.87 bits per heavy atom. The Hall–Kier alpha value is -0.770. The fraction of sp³-hybridized carbons (Fsp3) is 0.909. The largest absolute Gasteiger partial charge is 0.380 e. The van der Waals surface area contributed by atoms with E-state index in [0.717, 1.165) is 12.8 Å². The maximum atomic E-state index is 5.56. The summed E-state index contributed by atoms with van der Waals surface area (Å²) >= 11 is 0. The highest BCUT2D eigenvalue weighted by molar-refractivity contribution is 5.76. The maximum Gasteiger partial charge on any atom is 0.186 e. The van der Waals surface area contributed by atoms with Crippen LogP contribution in [0.3, 0.4) is 0 Å². The van der Waals surface area contributed by atoms with E-state index in [1.165, 1.54) is 0 Å². The lowest BCUT2D eigenvalue weighted by molar-refractivity contribution is -0.156. The van der Waals surface area contributed by atoms with Crippen molar-refractivity contribution < 1.29 is 4.74 Å². The van der Waals surface area contributed by atoms with Crippen molar-refractivity contribution in [3.05, 3.63) is 0 Å². The van der Waals surface area contributed by atoms with Crippen molar-refractivity contribution in [3.8, 4) is 0 Å². The zero-order valence-corrected chi connectivity index (χ0v) is 10.2. The van der Waals surface area contributed by atoms with E-state index in [4.69, 9.17) is 16.2 Å². The Balaban J connectivity index is 2.92. The molecule has 88 valence electrons. The first kappa shape index (κ1) is 12.3. The summed E-state index contributed by atoms with van der Waals surface area (Å²) in [5.41, 5.74) is 11.1. The van der Waals surface area contributed by atoms with E-state index in [2.05, 4.69) is 25.8 Å². The Kier molecular flexibility index (Phi) is 3.60. The molecule has 4 heteroatoms. The van der Waals surface area contributed by atoms with E-state index >= 15 is 0 Å². The third kappa shape index (κ3) is 1.71. The summed E-state index contributed by atoms with van der Waals surface area (Å²) in [5, 5.41) is 0. The fourth-order valence-corrected chi connectivity index (χ4v) is 3.19. The number of hydrogen-bond donors (Lipinski definition) is 2. The van der Waals surface area contributed by atoms with Crippen molar-refractivity contribution in [1.29, 1.82) is 0 Å². The predicted molar refractivity (Wildman–Crippen MR) is 62.6 cm³/mol. The molecule has 1 saturated carbocycles. The molecule has 0 radical (unpaired) electrons. The van der Waals surface area contributed by atoms with Crippen molar-refractivity contribution in [2.24, 2.45) is 27.8 Å². The maximum absolute atomic E-state index is 5.56. The van der Waals surface area contributed by atoms with Crippen molar-refractivity contribution in [2.45, 2.75) is 45.8 Å². The summed E-state index contributed by atoms with van der Waals surface area (Å²) in [5.74, 6) is 0.588. The molecule has 1 rings (SSSR count). The lowest BCUT2D eigenvalue weighted by Crippen LogP contribution is -2.63. The minimum Gasteiger partial charge on any atom is -0.380 e. The van der Waals surface area contributed by atoms with Crippen molar-refractivity contribution >= 4 is 5.96 Å². The average molecular weight is 213 g/mol. The molecule has 0 spiro atoms. The molecule has 0 amide bonds. The monoisotopic (exact) mass is 213 g/mol. The van der Waals surface area contributed by atoms with Crippen LogP contribution in [0.4, 0.5) is 0 Å². The van der Waals surface area contributed by atoms with Crippen LogP contribution in [0.15, 0.2) is 4.99 Å². The zero-order valence-electron chi connectivity index (χ0n) is 10.2. The van der Waals surface area contributed by atoms with Gasteiger partial charge in [0.05, 0.1) is 12.1 Å². The number of nitrogens with two attached hydrogens (primary N) is 2. The molecule has 4 nitrogen and oxygen atoms in total. The SMILES string of the molecule is CCC1(CC)C(N=C(N)N)C(C)C1OC. The summed E-state index contributed by atoms with van der Waals surface area (Å²) in [4.78, 5) is 4.35. The Morgan fingerprint density at radius 3 is 2.20 bits per heavy atom. The van der Waals surface area contributed by atoms with Gasteiger partial charge in [-0.25, -0.2) is 4.99 Å². The van der Waals surface area contributed by atoms with Crippen molar-refractivity contribution in [2.75, 3.05) is 7.11 Å². The molecule has 0 aromatic carbocycles. The van der Waals surface area contributed by atoms with Gasteiger partial charge in [0.15, 0.2) is 5.96 Å². The second-order valence-corrected chi connectivity index (χ2v) is 4.45. The molecule has 0 aromatic heterocycles. The van der Waals surface area contributed by atoms with Crippen LogP contribution in [0.5, 0.6) is 0 Å². The molecule has 0 aromatic rings.